The van der Waals surface area contributed by atoms with E-state index in [0.29, 0.717) is 18.8 Å². The van der Waals surface area contributed by atoms with Gasteiger partial charge in [0.15, 0.2) is 0 Å². The van der Waals surface area contributed by atoms with Gasteiger partial charge in [-0.3, -0.25) is 0 Å². The molecule has 0 radical (unpaired) electrons. The minimum absolute atomic E-state index is 0.233. The van der Waals surface area contributed by atoms with Crippen LogP contribution in [0.5, 0.6) is 0 Å². The first-order chi connectivity index (χ1) is 7.22. The monoisotopic (exact) mass is 215 g/mol. The number of aliphatic hydroxyl groups is 1. The van der Waals surface area contributed by atoms with Gasteiger partial charge in [0.1, 0.15) is 0 Å². The van der Waals surface area contributed by atoms with E-state index in [2.05, 4.69) is 12.2 Å². The van der Waals surface area contributed by atoms with E-state index in [0.717, 1.165) is 25.8 Å². The molecule has 0 heterocycles. The highest BCUT2D eigenvalue weighted by atomic mass is 16.5. The number of aliphatic hydroxyl groups excluding tert-OH is 1. The standard InChI is InChI=1S/C12H25NO2/c1-3-13-11-4-6-12(7-5-11)15-9-8-10(2)14/h10-14H,3-9H2,1-2H3. The zero-order valence-corrected chi connectivity index (χ0v) is 10.0. The molecule has 1 rings (SSSR count). The molecule has 3 heteroatoms. The number of hydrogen-bond donors (Lipinski definition) is 2. The molecule has 0 bridgehead atoms. The lowest BCUT2D eigenvalue weighted by atomic mass is 9.93. The molecule has 3 nitrogen and oxygen atoms in total. The Balaban J connectivity index is 2.04. The van der Waals surface area contributed by atoms with Crippen LogP contribution in [0.3, 0.4) is 0 Å². The van der Waals surface area contributed by atoms with Crippen LogP contribution in [0.15, 0.2) is 0 Å². The van der Waals surface area contributed by atoms with Crippen LogP contribution in [0, 0.1) is 0 Å². The molecule has 15 heavy (non-hydrogen) atoms. The maximum Gasteiger partial charge on any atom is 0.0576 e. The summed E-state index contributed by atoms with van der Waals surface area (Å²) in [4.78, 5) is 0. The SMILES string of the molecule is CCNC1CCC(OCCC(C)O)CC1. The molecule has 0 aromatic carbocycles. The van der Waals surface area contributed by atoms with Crippen molar-refractivity contribution in [3.8, 4) is 0 Å². The van der Waals surface area contributed by atoms with Crippen LogP contribution in [-0.4, -0.2) is 36.5 Å². The van der Waals surface area contributed by atoms with Crippen LogP contribution in [0.1, 0.15) is 46.0 Å². The fraction of sp³-hybridized carbons (Fsp3) is 1.00. The van der Waals surface area contributed by atoms with Gasteiger partial charge in [0.2, 0.25) is 0 Å². The van der Waals surface area contributed by atoms with E-state index in [1.54, 1.807) is 0 Å². The normalized spacial score (nSPS) is 29.0. The third-order valence-electron chi connectivity index (χ3n) is 3.06. The van der Waals surface area contributed by atoms with E-state index in [1.165, 1.54) is 12.8 Å². The Labute approximate surface area is 93.2 Å². The highest BCUT2D eigenvalue weighted by molar-refractivity contribution is 4.77. The predicted molar refractivity (Wildman–Crippen MR) is 62.0 cm³/mol. The summed E-state index contributed by atoms with van der Waals surface area (Å²) in [5.74, 6) is 0. The molecule has 1 aliphatic carbocycles. The molecule has 0 aromatic rings. The Hall–Kier alpha value is -0.120. The van der Waals surface area contributed by atoms with Gasteiger partial charge in [-0.25, -0.2) is 0 Å². The second-order valence-electron chi connectivity index (χ2n) is 4.54. The van der Waals surface area contributed by atoms with Gasteiger partial charge in [0, 0.05) is 12.6 Å². The van der Waals surface area contributed by atoms with Gasteiger partial charge in [-0.2, -0.15) is 0 Å². The molecule has 1 atom stereocenters. The average Bonchev–Trinajstić information content (AvgIpc) is 2.20. The van der Waals surface area contributed by atoms with E-state index in [4.69, 9.17) is 9.84 Å². The van der Waals surface area contributed by atoms with Gasteiger partial charge in [0.05, 0.1) is 12.2 Å². The second-order valence-corrected chi connectivity index (χ2v) is 4.54. The summed E-state index contributed by atoms with van der Waals surface area (Å²) in [5, 5.41) is 12.6. The predicted octanol–water partition coefficient (Wildman–Crippen LogP) is 1.69. The lowest BCUT2D eigenvalue weighted by molar-refractivity contribution is 0.00727. The van der Waals surface area contributed by atoms with Crippen LogP contribution in [-0.2, 0) is 4.74 Å². The third kappa shape index (κ3) is 5.50. The Morgan fingerprint density at radius 1 is 1.33 bits per heavy atom. The number of ether oxygens (including phenoxy) is 1. The van der Waals surface area contributed by atoms with Crippen molar-refractivity contribution in [2.24, 2.45) is 0 Å². The van der Waals surface area contributed by atoms with E-state index in [9.17, 15) is 0 Å². The van der Waals surface area contributed by atoms with Crippen molar-refractivity contribution in [3.63, 3.8) is 0 Å². The topological polar surface area (TPSA) is 41.5 Å². The number of nitrogens with one attached hydrogen (secondary N) is 1. The van der Waals surface area contributed by atoms with Crippen LogP contribution < -0.4 is 5.32 Å². The lowest BCUT2D eigenvalue weighted by Gasteiger charge is -2.29. The van der Waals surface area contributed by atoms with Crippen molar-refractivity contribution < 1.29 is 9.84 Å². The first-order valence-electron chi connectivity index (χ1n) is 6.25. The molecule has 1 saturated carbocycles. The molecular formula is C12H25NO2. The summed E-state index contributed by atoms with van der Waals surface area (Å²) < 4.78 is 5.73. The fourth-order valence-corrected chi connectivity index (χ4v) is 2.13. The summed E-state index contributed by atoms with van der Waals surface area (Å²) in [7, 11) is 0. The Bertz CT molecular complexity index is 154. The zero-order valence-electron chi connectivity index (χ0n) is 10.0. The Kier molecular flexibility index (Phi) is 6.22. The summed E-state index contributed by atoms with van der Waals surface area (Å²) in [5.41, 5.74) is 0. The second kappa shape index (κ2) is 7.20. The molecule has 0 aliphatic heterocycles. The van der Waals surface area contributed by atoms with Gasteiger partial charge in [-0.15, -0.1) is 0 Å². The molecule has 1 unspecified atom stereocenters. The molecule has 1 fully saturated rings. The number of rotatable bonds is 6. The minimum atomic E-state index is -0.233. The van der Waals surface area contributed by atoms with E-state index >= 15 is 0 Å². The van der Waals surface area contributed by atoms with Crippen LogP contribution in [0.2, 0.25) is 0 Å². The van der Waals surface area contributed by atoms with Crippen molar-refractivity contribution in [1.29, 1.82) is 0 Å². The van der Waals surface area contributed by atoms with Crippen LogP contribution in [0.25, 0.3) is 0 Å². The molecule has 1 aliphatic rings. The summed E-state index contributed by atoms with van der Waals surface area (Å²) in [6.07, 6.45) is 5.74. The fourth-order valence-electron chi connectivity index (χ4n) is 2.13. The third-order valence-corrected chi connectivity index (χ3v) is 3.06. The lowest BCUT2D eigenvalue weighted by Crippen LogP contribution is -2.35. The van der Waals surface area contributed by atoms with E-state index in [-0.39, 0.29) is 6.10 Å². The Morgan fingerprint density at radius 3 is 2.53 bits per heavy atom. The van der Waals surface area contributed by atoms with Gasteiger partial charge in [-0.1, -0.05) is 6.92 Å². The molecular weight excluding hydrogens is 190 g/mol. The van der Waals surface area contributed by atoms with Gasteiger partial charge < -0.3 is 15.2 Å². The van der Waals surface area contributed by atoms with Crippen molar-refractivity contribution in [2.45, 2.75) is 64.2 Å². The summed E-state index contributed by atoms with van der Waals surface area (Å²) >= 11 is 0. The molecule has 0 spiro atoms. The van der Waals surface area contributed by atoms with Crippen LogP contribution >= 0.6 is 0 Å². The largest absolute Gasteiger partial charge is 0.393 e. The molecule has 0 amide bonds. The van der Waals surface area contributed by atoms with Crippen molar-refractivity contribution >= 4 is 0 Å². The van der Waals surface area contributed by atoms with Gasteiger partial charge in [-0.05, 0) is 45.6 Å². The highest BCUT2D eigenvalue weighted by Crippen LogP contribution is 2.21. The first kappa shape index (κ1) is 12.9. The maximum absolute atomic E-state index is 9.10. The van der Waals surface area contributed by atoms with E-state index < -0.39 is 0 Å². The minimum Gasteiger partial charge on any atom is -0.393 e. The maximum atomic E-state index is 9.10. The molecule has 0 aromatic heterocycles. The van der Waals surface area contributed by atoms with Crippen LogP contribution in [0.4, 0.5) is 0 Å². The van der Waals surface area contributed by atoms with Crippen molar-refractivity contribution in [2.75, 3.05) is 13.2 Å². The molecule has 0 saturated heterocycles. The van der Waals surface area contributed by atoms with Gasteiger partial charge in [0.25, 0.3) is 0 Å². The number of hydrogen-bond acceptors (Lipinski definition) is 3. The average molecular weight is 215 g/mol. The first-order valence-corrected chi connectivity index (χ1v) is 6.25. The van der Waals surface area contributed by atoms with Gasteiger partial charge >= 0.3 is 0 Å². The molecule has 2 N–H and O–H groups in total. The highest BCUT2D eigenvalue weighted by Gasteiger charge is 2.20. The summed E-state index contributed by atoms with van der Waals surface area (Å²) in [6, 6.07) is 0.701. The molecule has 90 valence electrons. The summed E-state index contributed by atoms with van der Waals surface area (Å²) in [6.45, 7) is 5.74. The van der Waals surface area contributed by atoms with Crippen molar-refractivity contribution in [3.05, 3.63) is 0 Å². The zero-order chi connectivity index (χ0) is 11.1. The van der Waals surface area contributed by atoms with Crippen molar-refractivity contribution in [1.82, 2.24) is 5.32 Å². The smallest absolute Gasteiger partial charge is 0.0576 e. The quantitative estimate of drug-likeness (QED) is 0.708. The van der Waals surface area contributed by atoms with E-state index in [1.807, 2.05) is 6.92 Å². The Morgan fingerprint density at radius 2 is 2.00 bits per heavy atom.